The van der Waals surface area contributed by atoms with Crippen LogP contribution in [0, 0.1) is 0 Å². The molecule has 1 saturated heterocycles. The summed E-state index contributed by atoms with van der Waals surface area (Å²) in [5.74, 6) is -0.170. The molecule has 0 atom stereocenters. The standard InChI is InChI=1S/C12H21N3O2/c1-3-12(17)15(4-2)9-7-14(8-10-15)6-5-11(13)16/h3H,1,4-10H2,2H3,(H-,13,16)/p+1. The molecule has 0 aromatic rings. The molecule has 1 fully saturated rings. The molecule has 2 amide bonds. The number of rotatable bonds is 5. The third-order valence-corrected chi connectivity index (χ3v) is 3.61. The van der Waals surface area contributed by atoms with E-state index in [1.54, 1.807) is 0 Å². The summed E-state index contributed by atoms with van der Waals surface area (Å²) < 4.78 is 0.483. The molecule has 0 aliphatic carbocycles. The molecule has 0 bridgehead atoms. The second-order valence-electron chi connectivity index (χ2n) is 4.51. The lowest BCUT2D eigenvalue weighted by molar-refractivity contribution is -0.855. The molecule has 5 nitrogen and oxygen atoms in total. The summed E-state index contributed by atoms with van der Waals surface area (Å²) in [6.45, 7) is 10.3. The minimum atomic E-state index is -0.269. The highest BCUT2D eigenvalue weighted by Crippen LogP contribution is 2.14. The summed E-state index contributed by atoms with van der Waals surface area (Å²) in [4.78, 5) is 24.7. The number of hydrogen-bond donors (Lipinski definition) is 1. The van der Waals surface area contributed by atoms with Crippen LogP contribution in [0.25, 0.3) is 0 Å². The van der Waals surface area contributed by atoms with Crippen LogP contribution < -0.4 is 5.73 Å². The number of nitrogens with two attached hydrogens (primary N) is 1. The van der Waals surface area contributed by atoms with Crippen molar-refractivity contribution in [1.29, 1.82) is 0 Å². The second-order valence-corrected chi connectivity index (χ2v) is 4.51. The highest BCUT2D eigenvalue weighted by molar-refractivity contribution is 5.80. The Morgan fingerprint density at radius 3 is 2.41 bits per heavy atom. The number of primary amides is 1. The van der Waals surface area contributed by atoms with Gasteiger partial charge in [0.2, 0.25) is 5.91 Å². The van der Waals surface area contributed by atoms with E-state index in [2.05, 4.69) is 11.5 Å². The summed E-state index contributed by atoms with van der Waals surface area (Å²) in [6.07, 6.45) is 1.81. The molecule has 1 aliphatic rings. The first kappa shape index (κ1) is 13.9. The van der Waals surface area contributed by atoms with Crippen molar-refractivity contribution in [2.45, 2.75) is 13.3 Å². The van der Waals surface area contributed by atoms with Gasteiger partial charge in [0.05, 0.1) is 19.6 Å². The zero-order valence-corrected chi connectivity index (χ0v) is 10.5. The number of carbonyl (C=O) groups excluding carboxylic acids is 2. The maximum Gasteiger partial charge on any atom is 0.338 e. The lowest BCUT2D eigenvalue weighted by atomic mass is 10.2. The summed E-state index contributed by atoms with van der Waals surface area (Å²) in [5, 5.41) is 0. The monoisotopic (exact) mass is 240 g/mol. The molecule has 0 aromatic heterocycles. The van der Waals surface area contributed by atoms with Gasteiger partial charge in [0, 0.05) is 32.1 Å². The number of amides is 2. The molecule has 0 saturated carbocycles. The van der Waals surface area contributed by atoms with Gasteiger partial charge >= 0.3 is 5.91 Å². The molecule has 5 heteroatoms. The van der Waals surface area contributed by atoms with Crippen molar-refractivity contribution in [2.75, 3.05) is 39.3 Å². The summed E-state index contributed by atoms with van der Waals surface area (Å²) in [5.41, 5.74) is 5.12. The van der Waals surface area contributed by atoms with E-state index in [0.717, 1.165) is 32.7 Å². The number of carbonyl (C=O) groups is 2. The van der Waals surface area contributed by atoms with E-state index in [1.165, 1.54) is 6.08 Å². The molecule has 1 heterocycles. The Labute approximate surface area is 102 Å². The third-order valence-electron chi connectivity index (χ3n) is 3.61. The van der Waals surface area contributed by atoms with Crippen molar-refractivity contribution in [3.05, 3.63) is 12.7 Å². The molecule has 0 spiro atoms. The Bertz CT molecular complexity index is 307. The zero-order chi connectivity index (χ0) is 12.9. The van der Waals surface area contributed by atoms with E-state index in [0.29, 0.717) is 17.4 Å². The topological polar surface area (TPSA) is 63.4 Å². The lowest BCUT2D eigenvalue weighted by Gasteiger charge is -2.41. The highest BCUT2D eigenvalue weighted by atomic mass is 16.2. The first-order valence-corrected chi connectivity index (χ1v) is 6.08. The number of piperazine rings is 1. The van der Waals surface area contributed by atoms with Crippen LogP contribution in [0.4, 0.5) is 0 Å². The third kappa shape index (κ3) is 3.38. The molecule has 96 valence electrons. The predicted octanol–water partition coefficient (Wildman–Crippen LogP) is -0.273. The van der Waals surface area contributed by atoms with Crippen LogP contribution in [0.15, 0.2) is 12.7 Å². The Balaban J connectivity index is 2.50. The van der Waals surface area contributed by atoms with Crippen LogP contribution >= 0.6 is 0 Å². The van der Waals surface area contributed by atoms with Crippen LogP contribution in [0.1, 0.15) is 13.3 Å². The SMILES string of the molecule is C=CC(=O)[N+]1(CC)CCN(CCC(N)=O)CC1. The highest BCUT2D eigenvalue weighted by Gasteiger charge is 2.36. The van der Waals surface area contributed by atoms with Crippen LogP contribution in [0.2, 0.25) is 0 Å². The molecule has 2 N–H and O–H groups in total. The van der Waals surface area contributed by atoms with E-state index in [1.807, 2.05) is 6.92 Å². The lowest BCUT2D eigenvalue weighted by Crippen LogP contribution is -2.62. The van der Waals surface area contributed by atoms with E-state index >= 15 is 0 Å². The Hall–Kier alpha value is -1.20. The molecule has 17 heavy (non-hydrogen) atoms. The first-order valence-electron chi connectivity index (χ1n) is 6.08. The minimum absolute atomic E-state index is 0.0991. The van der Waals surface area contributed by atoms with Crippen molar-refractivity contribution < 1.29 is 14.1 Å². The molecule has 1 aliphatic heterocycles. The van der Waals surface area contributed by atoms with E-state index in [-0.39, 0.29) is 11.8 Å². The normalized spacial score (nSPS) is 19.8. The van der Waals surface area contributed by atoms with Gasteiger partial charge in [0.1, 0.15) is 0 Å². The van der Waals surface area contributed by atoms with Crippen molar-refractivity contribution >= 4 is 11.8 Å². The number of quaternary nitrogens is 1. The van der Waals surface area contributed by atoms with Gasteiger partial charge in [-0.25, -0.2) is 4.79 Å². The predicted molar refractivity (Wildman–Crippen MR) is 66.0 cm³/mol. The van der Waals surface area contributed by atoms with E-state index in [4.69, 9.17) is 5.73 Å². The summed E-state index contributed by atoms with van der Waals surface area (Å²) in [6, 6.07) is 0. The largest absolute Gasteiger partial charge is 0.370 e. The fourth-order valence-corrected chi connectivity index (χ4v) is 2.27. The molecule has 0 unspecified atom stereocenters. The fourth-order valence-electron chi connectivity index (χ4n) is 2.27. The van der Waals surface area contributed by atoms with Gasteiger partial charge in [-0.1, -0.05) is 6.58 Å². The average Bonchev–Trinajstić information content (AvgIpc) is 2.36. The van der Waals surface area contributed by atoms with Gasteiger partial charge in [0.25, 0.3) is 0 Å². The second kappa shape index (κ2) is 5.93. The molecular weight excluding hydrogens is 218 g/mol. The average molecular weight is 240 g/mol. The summed E-state index contributed by atoms with van der Waals surface area (Å²) in [7, 11) is 0. The van der Waals surface area contributed by atoms with Gasteiger partial charge in [-0.2, -0.15) is 0 Å². The molecule has 1 rings (SSSR count). The van der Waals surface area contributed by atoms with Crippen molar-refractivity contribution in [1.82, 2.24) is 4.90 Å². The van der Waals surface area contributed by atoms with Crippen molar-refractivity contribution in [2.24, 2.45) is 5.73 Å². The quantitative estimate of drug-likeness (QED) is 0.531. The fraction of sp³-hybridized carbons (Fsp3) is 0.667. The smallest absolute Gasteiger partial charge is 0.338 e. The van der Waals surface area contributed by atoms with E-state index < -0.39 is 0 Å². The first-order chi connectivity index (χ1) is 8.04. The minimum Gasteiger partial charge on any atom is -0.370 e. The molecular formula is C12H22N3O2+. The van der Waals surface area contributed by atoms with Crippen molar-refractivity contribution in [3.8, 4) is 0 Å². The van der Waals surface area contributed by atoms with Crippen molar-refractivity contribution in [3.63, 3.8) is 0 Å². The number of likely N-dealkylation sites (N-methyl/N-ethyl adjacent to an activating group) is 1. The van der Waals surface area contributed by atoms with Gasteiger partial charge < -0.3 is 5.73 Å². The van der Waals surface area contributed by atoms with Gasteiger partial charge in [-0.05, 0) is 6.92 Å². The molecule has 0 radical (unpaired) electrons. The van der Waals surface area contributed by atoms with Gasteiger partial charge in [0.15, 0.2) is 0 Å². The maximum atomic E-state index is 11.9. The Morgan fingerprint density at radius 2 is 2.00 bits per heavy atom. The number of hydrogen-bond acceptors (Lipinski definition) is 3. The Kier molecular flexibility index (Phi) is 4.84. The van der Waals surface area contributed by atoms with Gasteiger partial charge in [-0.15, -0.1) is 0 Å². The van der Waals surface area contributed by atoms with Gasteiger partial charge in [-0.3, -0.25) is 14.2 Å². The Morgan fingerprint density at radius 1 is 1.41 bits per heavy atom. The van der Waals surface area contributed by atoms with Crippen LogP contribution in [0.3, 0.4) is 0 Å². The van der Waals surface area contributed by atoms with E-state index in [9.17, 15) is 9.59 Å². The maximum absolute atomic E-state index is 11.9. The van der Waals surface area contributed by atoms with Crippen LogP contribution in [-0.4, -0.2) is 60.5 Å². The number of nitrogens with zero attached hydrogens (tertiary/aromatic N) is 2. The summed E-state index contributed by atoms with van der Waals surface area (Å²) >= 11 is 0. The van der Waals surface area contributed by atoms with Crippen LogP contribution in [-0.2, 0) is 9.59 Å². The van der Waals surface area contributed by atoms with Crippen LogP contribution in [0.5, 0.6) is 0 Å². The zero-order valence-electron chi connectivity index (χ0n) is 10.5. The molecule has 0 aromatic carbocycles.